The van der Waals surface area contributed by atoms with Gasteiger partial charge in [0.05, 0.1) is 6.61 Å². The summed E-state index contributed by atoms with van der Waals surface area (Å²) in [4.78, 5) is 20.4. The summed E-state index contributed by atoms with van der Waals surface area (Å²) in [6.07, 6.45) is 6.68. The molecule has 1 spiro atoms. The van der Waals surface area contributed by atoms with Crippen molar-refractivity contribution in [1.29, 1.82) is 0 Å². The standard InChI is InChI=1S/C17H25N3O2/c1-19(2)16(21)15-9-17(13-22-15)6-4-8-20(12-17)11-14-5-3-7-18-10-14/h3,5,7,10,15H,4,6,8-9,11-13H2,1-2H3/t15-,17-/m0/s1. The summed E-state index contributed by atoms with van der Waals surface area (Å²) in [6.45, 7) is 3.77. The first-order valence-corrected chi connectivity index (χ1v) is 8.02. The van der Waals surface area contributed by atoms with E-state index in [-0.39, 0.29) is 17.4 Å². The Hall–Kier alpha value is -1.46. The molecule has 3 heterocycles. The molecule has 2 fully saturated rings. The number of rotatable bonds is 3. The summed E-state index contributed by atoms with van der Waals surface area (Å²) in [5.41, 5.74) is 1.40. The molecule has 2 aliphatic rings. The first kappa shape index (κ1) is 15.4. The molecule has 3 rings (SSSR count). The Bertz CT molecular complexity index is 520. The topological polar surface area (TPSA) is 45.7 Å². The quantitative estimate of drug-likeness (QED) is 0.850. The minimum Gasteiger partial charge on any atom is -0.368 e. The van der Waals surface area contributed by atoms with Gasteiger partial charge in [-0.3, -0.25) is 14.7 Å². The lowest BCUT2D eigenvalue weighted by Crippen LogP contribution is -2.44. The summed E-state index contributed by atoms with van der Waals surface area (Å²) in [5, 5.41) is 0. The molecular weight excluding hydrogens is 278 g/mol. The fourth-order valence-electron chi connectivity index (χ4n) is 3.71. The van der Waals surface area contributed by atoms with Crippen LogP contribution in [0, 0.1) is 5.41 Å². The normalized spacial score (nSPS) is 28.9. The lowest BCUT2D eigenvalue weighted by atomic mass is 9.78. The Morgan fingerprint density at radius 2 is 2.41 bits per heavy atom. The van der Waals surface area contributed by atoms with E-state index in [1.165, 1.54) is 12.0 Å². The Morgan fingerprint density at radius 1 is 1.55 bits per heavy atom. The van der Waals surface area contributed by atoms with Gasteiger partial charge in [0.2, 0.25) is 0 Å². The maximum Gasteiger partial charge on any atom is 0.251 e. The van der Waals surface area contributed by atoms with E-state index in [1.54, 1.807) is 19.0 Å². The van der Waals surface area contributed by atoms with Crippen LogP contribution in [0.25, 0.3) is 0 Å². The van der Waals surface area contributed by atoms with Gasteiger partial charge in [-0.1, -0.05) is 6.07 Å². The second kappa shape index (κ2) is 6.34. The number of pyridine rings is 1. The van der Waals surface area contributed by atoms with Crippen molar-refractivity contribution in [1.82, 2.24) is 14.8 Å². The number of likely N-dealkylation sites (tertiary alicyclic amines) is 1. The largest absolute Gasteiger partial charge is 0.368 e. The lowest BCUT2D eigenvalue weighted by Gasteiger charge is -2.39. The Balaban J connectivity index is 1.62. The molecular formula is C17H25N3O2. The number of amides is 1. The predicted octanol–water partition coefficient (Wildman–Crippen LogP) is 1.54. The van der Waals surface area contributed by atoms with E-state index in [1.807, 2.05) is 18.5 Å². The number of ether oxygens (including phenoxy) is 1. The molecule has 5 heteroatoms. The second-order valence-corrected chi connectivity index (χ2v) is 6.91. The van der Waals surface area contributed by atoms with Crippen molar-refractivity contribution >= 4 is 5.91 Å². The van der Waals surface area contributed by atoms with Gasteiger partial charge >= 0.3 is 0 Å². The predicted molar refractivity (Wildman–Crippen MR) is 84.2 cm³/mol. The summed E-state index contributed by atoms with van der Waals surface area (Å²) in [5.74, 6) is 0.0984. The van der Waals surface area contributed by atoms with Crippen molar-refractivity contribution < 1.29 is 9.53 Å². The average Bonchev–Trinajstić information content (AvgIpc) is 2.91. The van der Waals surface area contributed by atoms with E-state index >= 15 is 0 Å². The molecule has 0 aliphatic carbocycles. The van der Waals surface area contributed by atoms with Crippen LogP contribution in [0.5, 0.6) is 0 Å². The number of hydrogen-bond donors (Lipinski definition) is 0. The molecule has 2 aliphatic heterocycles. The number of carbonyl (C=O) groups excluding carboxylic acids is 1. The zero-order valence-corrected chi connectivity index (χ0v) is 13.5. The third-order valence-electron chi connectivity index (χ3n) is 4.79. The molecule has 0 aromatic carbocycles. The van der Waals surface area contributed by atoms with E-state index in [0.717, 1.165) is 32.5 Å². The van der Waals surface area contributed by atoms with Crippen molar-refractivity contribution in [2.75, 3.05) is 33.8 Å². The maximum atomic E-state index is 12.1. The van der Waals surface area contributed by atoms with E-state index in [9.17, 15) is 4.79 Å². The van der Waals surface area contributed by atoms with Crippen LogP contribution in [0.3, 0.4) is 0 Å². The molecule has 1 amide bonds. The SMILES string of the molecule is CN(C)C(=O)[C@@H]1C[C@]2(CCCN(Cc3cccnc3)C2)CO1. The molecule has 120 valence electrons. The lowest BCUT2D eigenvalue weighted by molar-refractivity contribution is -0.138. The van der Waals surface area contributed by atoms with Gasteiger partial charge in [-0.2, -0.15) is 0 Å². The zero-order valence-electron chi connectivity index (χ0n) is 13.5. The van der Waals surface area contributed by atoms with E-state index in [2.05, 4.69) is 16.0 Å². The van der Waals surface area contributed by atoms with Gasteiger partial charge in [-0.15, -0.1) is 0 Å². The Labute approximate surface area is 132 Å². The van der Waals surface area contributed by atoms with Crippen LogP contribution in [0.4, 0.5) is 0 Å². The third-order valence-corrected chi connectivity index (χ3v) is 4.79. The van der Waals surface area contributed by atoms with E-state index in [4.69, 9.17) is 4.74 Å². The van der Waals surface area contributed by atoms with Crippen LogP contribution in [-0.2, 0) is 16.1 Å². The minimum atomic E-state index is -0.256. The Kier molecular flexibility index (Phi) is 4.45. The molecule has 0 unspecified atom stereocenters. The summed E-state index contributed by atoms with van der Waals surface area (Å²) in [7, 11) is 3.60. The van der Waals surface area contributed by atoms with Crippen molar-refractivity contribution in [3.05, 3.63) is 30.1 Å². The minimum absolute atomic E-state index is 0.0984. The molecule has 22 heavy (non-hydrogen) atoms. The highest BCUT2D eigenvalue weighted by Crippen LogP contribution is 2.41. The van der Waals surface area contributed by atoms with Crippen LogP contribution >= 0.6 is 0 Å². The van der Waals surface area contributed by atoms with Crippen LogP contribution in [0.2, 0.25) is 0 Å². The van der Waals surface area contributed by atoms with E-state index < -0.39 is 0 Å². The van der Waals surface area contributed by atoms with Crippen molar-refractivity contribution in [2.45, 2.75) is 31.9 Å². The van der Waals surface area contributed by atoms with Crippen molar-refractivity contribution in [3.8, 4) is 0 Å². The van der Waals surface area contributed by atoms with Crippen LogP contribution in [0.1, 0.15) is 24.8 Å². The summed E-state index contributed by atoms with van der Waals surface area (Å²) in [6, 6.07) is 4.11. The molecule has 1 aromatic heterocycles. The number of likely N-dealkylation sites (N-methyl/N-ethyl adjacent to an activating group) is 1. The smallest absolute Gasteiger partial charge is 0.251 e. The van der Waals surface area contributed by atoms with Crippen LogP contribution < -0.4 is 0 Å². The van der Waals surface area contributed by atoms with Gasteiger partial charge in [0, 0.05) is 45.0 Å². The molecule has 0 bridgehead atoms. The molecule has 0 N–H and O–H groups in total. The highest BCUT2D eigenvalue weighted by Gasteiger charge is 2.45. The second-order valence-electron chi connectivity index (χ2n) is 6.91. The summed E-state index contributed by atoms with van der Waals surface area (Å²) < 4.78 is 5.84. The monoisotopic (exact) mass is 303 g/mol. The van der Waals surface area contributed by atoms with Gasteiger partial charge in [0.15, 0.2) is 0 Å². The van der Waals surface area contributed by atoms with Gasteiger partial charge < -0.3 is 9.64 Å². The fourth-order valence-corrected chi connectivity index (χ4v) is 3.71. The number of hydrogen-bond acceptors (Lipinski definition) is 4. The molecule has 2 atom stereocenters. The summed E-state index contributed by atoms with van der Waals surface area (Å²) >= 11 is 0. The highest BCUT2D eigenvalue weighted by molar-refractivity contribution is 5.80. The fraction of sp³-hybridized carbons (Fsp3) is 0.647. The number of nitrogens with zero attached hydrogens (tertiary/aromatic N) is 3. The Morgan fingerprint density at radius 3 is 3.14 bits per heavy atom. The van der Waals surface area contributed by atoms with Gasteiger partial charge in [-0.25, -0.2) is 0 Å². The maximum absolute atomic E-state index is 12.1. The number of piperidine rings is 1. The molecule has 0 saturated carbocycles. The average molecular weight is 303 g/mol. The van der Waals surface area contributed by atoms with Crippen LogP contribution in [0.15, 0.2) is 24.5 Å². The van der Waals surface area contributed by atoms with Gasteiger partial charge in [0.1, 0.15) is 6.10 Å². The van der Waals surface area contributed by atoms with E-state index in [0.29, 0.717) is 6.61 Å². The van der Waals surface area contributed by atoms with Gasteiger partial charge in [0.25, 0.3) is 5.91 Å². The molecule has 5 nitrogen and oxygen atoms in total. The van der Waals surface area contributed by atoms with Gasteiger partial charge in [-0.05, 0) is 37.4 Å². The molecule has 1 aromatic rings. The third kappa shape index (κ3) is 3.31. The zero-order chi connectivity index (χ0) is 15.6. The van der Waals surface area contributed by atoms with Crippen molar-refractivity contribution in [2.24, 2.45) is 5.41 Å². The number of carbonyl (C=O) groups is 1. The van der Waals surface area contributed by atoms with Crippen LogP contribution in [-0.4, -0.2) is 60.6 Å². The highest BCUT2D eigenvalue weighted by atomic mass is 16.5. The first-order valence-electron chi connectivity index (χ1n) is 8.02. The number of aromatic nitrogens is 1. The van der Waals surface area contributed by atoms with Crippen molar-refractivity contribution in [3.63, 3.8) is 0 Å². The molecule has 0 radical (unpaired) electrons. The molecule has 2 saturated heterocycles. The first-order chi connectivity index (χ1) is 10.6.